The van der Waals surface area contributed by atoms with E-state index in [0.29, 0.717) is 24.6 Å². The third-order valence-electron chi connectivity index (χ3n) is 8.64. The number of aromatic hydroxyl groups is 1. The summed E-state index contributed by atoms with van der Waals surface area (Å²) in [5.74, 6) is -6.41. The number of hydrogen-bond acceptors (Lipinski definition) is 9. The van der Waals surface area contributed by atoms with E-state index in [4.69, 9.17) is 5.73 Å². The SMILES string of the molecule is CN(C)C1C(=O)C(C(N)=O)=C(O)C2(O)C(=O)C3=C(O)c4c(O)ccc(CNC5CCCC5)c4CC3CC12. The first-order valence-electron chi connectivity index (χ1n) is 12.7. The molecule has 0 heterocycles. The largest absolute Gasteiger partial charge is 0.508 e. The minimum Gasteiger partial charge on any atom is -0.508 e. The monoisotopic (exact) mass is 511 g/mol. The average molecular weight is 512 g/mol. The van der Waals surface area contributed by atoms with Crippen LogP contribution in [0.1, 0.15) is 48.8 Å². The van der Waals surface area contributed by atoms with Crippen LogP contribution in [0, 0.1) is 11.8 Å². The molecule has 198 valence electrons. The van der Waals surface area contributed by atoms with Gasteiger partial charge in [-0.1, -0.05) is 18.9 Å². The Balaban J connectivity index is 1.62. The molecule has 0 bridgehead atoms. The highest BCUT2D eigenvalue weighted by molar-refractivity contribution is 6.24. The number of carbonyl (C=O) groups is 3. The first kappa shape index (κ1) is 25.4. The number of amides is 1. The van der Waals surface area contributed by atoms with E-state index in [0.717, 1.165) is 18.4 Å². The van der Waals surface area contributed by atoms with E-state index in [1.165, 1.54) is 23.8 Å². The lowest BCUT2D eigenvalue weighted by Crippen LogP contribution is -2.65. The molecule has 7 N–H and O–H groups in total. The zero-order valence-electron chi connectivity index (χ0n) is 21.0. The predicted octanol–water partition coefficient (Wildman–Crippen LogP) is 0.996. The topological polar surface area (TPSA) is 173 Å². The Kier molecular flexibility index (Phi) is 6.17. The van der Waals surface area contributed by atoms with Crippen molar-refractivity contribution in [1.29, 1.82) is 0 Å². The van der Waals surface area contributed by atoms with Crippen molar-refractivity contribution < 1.29 is 34.8 Å². The van der Waals surface area contributed by atoms with Gasteiger partial charge >= 0.3 is 0 Å². The number of carbonyl (C=O) groups excluding carboxylic acids is 3. The average Bonchev–Trinajstić information content (AvgIpc) is 3.34. The summed E-state index contributed by atoms with van der Waals surface area (Å²) in [6.07, 6.45) is 4.92. The number of nitrogens with one attached hydrogen (secondary N) is 1. The van der Waals surface area contributed by atoms with E-state index in [1.807, 2.05) is 0 Å². The molecule has 4 aliphatic carbocycles. The number of benzene rings is 1. The van der Waals surface area contributed by atoms with E-state index in [1.54, 1.807) is 20.2 Å². The van der Waals surface area contributed by atoms with Crippen molar-refractivity contribution in [2.45, 2.75) is 62.8 Å². The highest BCUT2D eigenvalue weighted by atomic mass is 16.3. The van der Waals surface area contributed by atoms with Crippen molar-refractivity contribution in [1.82, 2.24) is 10.2 Å². The smallest absolute Gasteiger partial charge is 0.255 e. The number of nitrogens with two attached hydrogens (primary N) is 1. The molecule has 2 saturated carbocycles. The van der Waals surface area contributed by atoms with Crippen molar-refractivity contribution in [2.75, 3.05) is 14.1 Å². The number of Topliss-reactive ketones (excluding diaryl/α,β-unsaturated/α-hetero) is 2. The minimum absolute atomic E-state index is 0.0803. The number of ketones is 2. The van der Waals surface area contributed by atoms with Crippen LogP contribution in [0.25, 0.3) is 5.76 Å². The summed E-state index contributed by atoms with van der Waals surface area (Å²) in [7, 11) is 3.16. The standard InChI is InChI=1S/C27H33N3O7/c1-30(2)21-16-10-13-9-15-12(11-29-14-5-3-4-6-14)7-8-17(31)19(15)22(32)18(13)24(34)27(16,37)25(35)20(23(21)33)26(28)36/h7-8,13-14,16,21,29,31-32,35,37H,3-6,9-11H2,1-2H3,(H2,28,36). The number of fused-ring (bicyclic) bond motifs is 3. The summed E-state index contributed by atoms with van der Waals surface area (Å²) in [6, 6.07) is 2.58. The quantitative estimate of drug-likeness (QED) is 0.315. The lowest BCUT2D eigenvalue weighted by Gasteiger charge is -2.50. The van der Waals surface area contributed by atoms with E-state index in [2.05, 4.69) is 5.32 Å². The zero-order chi connectivity index (χ0) is 26.8. The molecule has 10 nitrogen and oxygen atoms in total. The van der Waals surface area contributed by atoms with Gasteiger partial charge in [-0.25, -0.2) is 0 Å². The molecule has 0 spiro atoms. The van der Waals surface area contributed by atoms with Gasteiger partial charge in [-0.15, -0.1) is 0 Å². The Hall–Kier alpha value is -3.21. The van der Waals surface area contributed by atoms with Gasteiger partial charge in [0, 0.05) is 24.1 Å². The van der Waals surface area contributed by atoms with Crippen LogP contribution in [0.2, 0.25) is 0 Å². The molecule has 0 radical (unpaired) electrons. The Labute approximate surface area is 214 Å². The van der Waals surface area contributed by atoms with Crippen LogP contribution in [-0.4, -0.2) is 74.6 Å². The maximum absolute atomic E-state index is 13.8. The highest BCUT2D eigenvalue weighted by Gasteiger charge is 2.64. The van der Waals surface area contributed by atoms with Crippen molar-refractivity contribution in [3.63, 3.8) is 0 Å². The zero-order valence-corrected chi connectivity index (χ0v) is 21.0. The van der Waals surface area contributed by atoms with Crippen LogP contribution in [0.5, 0.6) is 5.75 Å². The summed E-state index contributed by atoms with van der Waals surface area (Å²) >= 11 is 0. The van der Waals surface area contributed by atoms with Crippen LogP contribution in [0.15, 0.2) is 29.0 Å². The Morgan fingerprint density at radius 1 is 1.16 bits per heavy atom. The van der Waals surface area contributed by atoms with Gasteiger partial charge in [0.25, 0.3) is 5.91 Å². The first-order chi connectivity index (χ1) is 17.5. The Bertz CT molecular complexity index is 1260. The Morgan fingerprint density at radius 2 is 1.84 bits per heavy atom. The highest BCUT2D eigenvalue weighted by Crippen LogP contribution is 2.52. The number of rotatable bonds is 5. The summed E-state index contributed by atoms with van der Waals surface area (Å²) < 4.78 is 0. The predicted molar refractivity (Wildman–Crippen MR) is 133 cm³/mol. The van der Waals surface area contributed by atoms with E-state index < -0.39 is 58.0 Å². The summed E-state index contributed by atoms with van der Waals surface area (Å²) in [5, 5.41) is 48.1. The van der Waals surface area contributed by atoms with E-state index >= 15 is 0 Å². The fraction of sp³-hybridized carbons (Fsp3) is 0.519. The molecule has 5 rings (SSSR count). The Morgan fingerprint density at radius 3 is 2.46 bits per heavy atom. The number of likely N-dealkylation sites (N-methyl/N-ethyl adjacent to an activating group) is 1. The number of aliphatic hydroxyl groups excluding tert-OH is 2. The lowest BCUT2D eigenvalue weighted by atomic mass is 9.57. The van der Waals surface area contributed by atoms with Gasteiger partial charge in [-0.2, -0.15) is 0 Å². The van der Waals surface area contributed by atoms with Gasteiger partial charge in [-0.05, 0) is 62.9 Å². The van der Waals surface area contributed by atoms with E-state index in [-0.39, 0.29) is 23.3 Å². The van der Waals surface area contributed by atoms with Crippen LogP contribution in [0.4, 0.5) is 0 Å². The lowest BCUT2D eigenvalue weighted by molar-refractivity contribution is -0.153. The van der Waals surface area contributed by atoms with Crippen LogP contribution in [-0.2, 0) is 27.3 Å². The second-order valence-corrected chi connectivity index (χ2v) is 10.9. The number of aliphatic hydroxyl groups is 3. The van der Waals surface area contributed by atoms with Gasteiger partial charge in [-0.3, -0.25) is 19.3 Å². The molecular weight excluding hydrogens is 478 g/mol. The third-order valence-corrected chi connectivity index (χ3v) is 8.64. The minimum atomic E-state index is -2.62. The molecule has 1 amide bonds. The fourth-order valence-corrected chi connectivity index (χ4v) is 6.86. The van der Waals surface area contributed by atoms with Gasteiger partial charge in [0.1, 0.15) is 22.8 Å². The van der Waals surface area contributed by atoms with Crippen molar-refractivity contribution in [2.24, 2.45) is 17.6 Å². The maximum Gasteiger partial charge on any atom is 0.255 e. The van der Waals surface area contributed by atoms with Gasteiger partial charge in [0.05, 0.1) is 11.6 Å². The summed E-state index contributed by atoms with van der Waals surface area (Å²) in [4.78, 5) is 40.6. The number of nitrogens with zero attached hydrogens (tertiary/aromatic N) is 1. The molecule has 10 heteroatoms. The number of phenols is 1. The molecule has 0 aromatic heterocycles. The van der Waals surface area contributed by atoms with E-state index in [9.17, 15) is 34.8 Å². The maximum atomic E-state index is 13.8. The van der Waals surface area contributed by atoms with Crippen molar-refractivity contribution in [3.8, 4) is 5.75 Å². The normalized spacial score (nSPS) is 30.0. The molecular formula is C27H33N3O7. The van der Waals surface area contributed by atoms with Gasteiger partial charge < -0.3 is 31.5 Å². The van der Waals surface area contributed by atoms with Crippen molar-refractivity contribution >= 4 is 23.2 Å². The fourth-order valence-electron chi connectivity index (χ4n) is 6.86. The van der Waals surface area contributed by atoms with Crippen LogP contribution < -0.4 is 11.1 Å². The number of primary amides is 1. The number of phenolic OH excluding ortho intramolecular Hbond substituents is 1. The second-order valence-electron chi connectivity index (χ2n) is 10.9. The molecule has 0 saturated heterocycles. The molecule has 4 atom stereocenters. The summed E-state index contributed by atoms with van der Waals surface area (Å²) in [5.41, 5.74) is 3.50. The molecule has 4 unspecified atom stereocenters. The summed E-state index contributed by atoms with van der Waals surface area (Å²) in [6.45, 7) is 0.536. The molecule has 0 aliphatic heterocycles. The molecule has 4 aliphatic rings. The first-order valence-corrected chi connectivity index (χ1v) is 12.7. The van der Waals surface area contributed by atoms with Gasteiger partial charge in [0.2, 0.25) is 5.78 Å². The molecule has 1 aromatic rings. The molecule has 2 fully saturated rings. The van der Waals surface area contributed by atoms with Gasteiger partial charge in [0.15, 0.2) is 11.4 Å². The molecule has 37 heavy (non-hydrogen) atoms. The molecule has 1 aromatic carbocycles. The number of hydrogen-bond donors (Lipinski definition) is 6. The van der Waals surface area contributed by atoms with Crippen LogP contribution in [0.3, 0.4) is 0 Å². The third kappa shape index (κ3) is 3.69. The second kappa shape index (κ2) is 8.97. The van der Waals surface area contributed by atoms with Crippen LogP contribution >= 0.6 is 0 Å². The van der Waals surface area contributed by atoms with Crippen molar-refractivity contribution in [3.05, 3.63) is 45.7 Å².